The summed E-state index contributed by atoms with van der Waals surface area (Å²) < 4.78 is 49.5. The van der Waals surface area contributed by atoms with Crippen LogP contribution in [0.2, 0.25) is 0 Å². The maximum atomic E-state index is 11.3. The highest BCUT2D eigenvalue weighted by Gasteiger charge is 2.13. The molecule has 0 fully saturated rings. The Kier molecular flexibility index (Phi) is 4.33. The Morgan fingerprint density at radius 1 is 0.850 bits per heavy atom. The van der Waals surface area contributed by atoms with E-state index in [0.717, 1.165) is 12.5 Å². The lowest BCUT2D eigenvalue weighted by atomic mass is 10.1. The summed E-state index contributed by atoms with van der Waals surface area (Å²) in [5.74, 6) is 4.57. The van der Waals surface area contributed by atoms with E-state index < -0.39 is 20.0 Å². The molecule has 0 atom stereocenters. The second-order valence-electron chi connectivity index (χ2n) is 3.98. The Bertz CT molecular complexity index is 758. The highest BCUT2D eigenvalue weighted by molar-refractivity contribution is 7.92. The lowest BCUT2D eigenvalue weighted by molar-refractivity contribution is 0.605. The van der Waals surface area contributed by atoms with Crippen molar-refractivity contribution in [1.29, 1.82) is 0 Å². The summed E-state index contributed by atoms with van der Waals surface area (Å²) in [6, 6.07) is 2.59. The Balaban J connectivity index is 3.51. The first-order chi connectivity index (χ1) is 9.05. The molecule has 0 unspecified atom stereocenters. The minimum Gasteiger partial charge on any atom is -0.282 e. The van der Waals surface area contributed by atoms with E-state index in [2.05, 4.69) is 21.3 Å². The van der Waals surface area contributed by atoms with E-state index in [1.54, 1.807) is 0 Å². The summed E-state index contributed by atoms with van der Waals surface area (Å²) in [6.07, 6.45) is 12.5. The number of hydrogen-bond acceptors (Lipinski definition) is 4. The van der Waals surface area contributed by atoms with Gasteiger partial charge >= 0.3 is 0 Å². The monoisotopic (exact) mass is 312 g/mol. The molecule has 1 aromatic rings. The highest BCUT2D eigenvalue weighted by atomic mass is 32.2. The number of benzene rings is 1. The maximum absolute atomic E-state index is 11.3. The second kappa shape index (κ2) is 5.45. The molecule has 0 saturated carbocycles. The lowest BCUT2D eigenvalue weighted by Crippen LogP contribution is -2.14. The third-order valence-electron chi connectivity index (χ3n) is 2.06. The van der Waals surface area contributed by atoms with E-state index in [4.69, 9.17) is 12.8 Å². The van der Waals surface area contributed by atoms with Gasteiger partial charge in [0.2, 0.25) is 20.0 Å². The molecule has 0 bridgehead atoms. The van der Waals surface area contributed by atoms with E-state index in [9.17, 15) is 16.8 Å². The largest absolute Gasteiger partial charge is 0.282 e. The van der Waals surface area contributed by atoms with E-state index in [1.165, 1.54) is 12.1 Å². The summed E-state index contributed by atoms with van der Waals surface area (Å²) in [5.41, 5.74) is 0.560. The zero-order valence-corrected chi connectivity index (χ0v) is 12.4. The third-order valence-corrected chi connectivity index (χ3v) is 3.24. The van der Waals surface area contributed by atoms with Gasteiger partial charge in [-0.15, -0.1) is 12.8 Å². The zero-order chi connectivity index (χ0) is 15.6. The Morgan fingerprint density at radius 2 is 1.20 bits per heavy atom. The van der Waals surface area contributed by atoms with E-state index in [-0.39, 0.29) is 22.5 Å². The number of hydrogen-bond donors (Lipinski definition) is 2. The molecule has 0 heterocycles. The molecule has 0 spiro atoms. The highest BCUT2D eigenvalue weighted by Crippen LogP contribution is 2.26. The van der Waals surface area contributed by atoms with E-state index in [0.29, 0.717) is 0 Å². The van der Waals surface area contributed by atoms with Gasteiger partial charge in [0, 0.05) is 11.1 Å². The quantitative estimate of drug-likeness (QED) is 0.787. The van der Waals surface area contributed by atoms with Crippen LogP contribution in [-0.2, 0) is 20.0 Å². The van der Waals surface area contributed by atoms with Crippen molar-refractivity contribution >= 4 is 31.4 Å². The second-order valence-corrected chi connectivity index (χ2v) is 7.48. The first-order valence-corrected chi connectivity index (χ1v) is 8.91. The standard InChI is InChI=1S/C12H12N2O4S2/c1-5-9-7-10(6-2)12(14-20(4,17)18)8-11(9)13-19(3,15)16/h1-2,7-8,13-14H,3-4H3. The number of anilines is 2. The van der Waals surface area contributed by atoms with Crippen molar-refractivity contribution in [3.63, 3.8) is 0 Å². The molecule has 0 aliphatic heterocycles. The third kappa shape index (κ3) is 4.50. The van der Waals surface area contributed by atoms with Crippen molar-refractivity contribution in [2.45, 2.75) is 0 Å². The van der Waals surface area contributed by atoms with Crippen molar-refractivity contribution in [3.8, 4) is 24.7 Å². The number of terminal acetylenes is 2. The normalized spacial score (nSPS) is 11.2. The SMILES string of the molecule is C#Cc1cc(C#C)c(NS(C)(=O)=O)cc1NS(C)(=O)=O. The molecule has 0 radical (unpaired) electrons. The van der Waals surface area contributed by atoms with Gasteiger partial charge in [0.1, 0.15) is 0 Å². The maximum Gasteiger partial charge on any atom is 0.229 e. The van der Waals surface area contributed by atoms with Crippen LogP contribution >= 0.6 is 0 Å². The Labute approximate surface area is 118 Å². The van der Waals surface area contributed by atoms with Crippen LogP contribution in [-0.4, -0.2) is 29.3 Å². The smallest absolute Gasteiger partial charge is 0.229 e. The number of rotatable bonds is 4. The summed E-state index contributed by atoms with van der Waals surface area (Å²) in [6.45, 7) is 0. The summed E-state index contributed by atoms with van der Waals surface area (Å²) >= 11 is 0. The molecule has 1 rings (SSSR count). The van der Waals surface area contributed by atoms with Crippen molar-refractivity contribution in [3.05, 3.63) is 23.3 Å². The predicted molar refractivity (Wildman–Crippen MR) is 79.2 cm³/mol. The molecule has 0 aromatic heterocycles. The Hall–Kier alpha value is -2.16. The van der Waals surface area contributed by atoms with Gasteiger partial charge in [-0.25, -0.2) is 16.8 Å². The van der Waals surface area contributed by atoms with Gasteiger partial charge in [-0.3, -0.25) is 9.44 Å². The fourth-order valence-corrected chi connectivity index (χ4v) is 2.54. The van der Waals surface area contributed by atoms with Crippen molar-refractivity contribution < 1.29 is 16.8 Å². The molecule has 1 aromatic carbocycles. The zero-order valence-electron chi connectivity index (χ0n) is 10.8. The molecule has 106 valence electrons. The minimum absolute atomic E-state index is 0.0696. The van der Waals surface area contributed by atoms with Crippen molar-refractivity contribution in [1.82, 2.24) is 0 Å². The number of nitrogens with one attached hydrogen (secondary N) is 2. The van der Waals surface area contributed by atoms with Crippen molar-refractivity contribution in [2.24, 2.45) is 0 Å². The van der Waals surface area contributed by atoms with Gasteiger partial charge in [-0.05, 0) is 12.1 Å². The van der Waals surface area contributed by atoms with Crippen LogP contribution in [0.1, 0.15) is 11.1 Å². The number of sulfonamides is 2. The fraction of sp³-hybridized carbons (Fsp3) is 0.167. The van der Waals surface area contributed by atoms with Crippen LogP contribution in [0.3, 0.4) is 0 Å². The van der Waals surface area contributed by atoms with Crippen LogP contribution in [0.15, 0.2) is 12.1 Å². The molecule has 0 aliphatic carbocycles. The van der Waals surface area contributed by atoms with Gasteiger partial charge in [-0.2, -0.15) is 0 Å². The van der Waals surface area contributed by atoms with Crippen LogP contribution < -0.4 is 9.44 Å². The molecular formula is C12H12N2O4S2. The fourth-order valence-electron chi connectivity index (χ4n) is 1.41. The summed E-state index contributed by atoms with van der Waals surface area (Å²) in [7, 11) is -7.13. The van der Waals surface area contributed by atoms with Crippen LogP contribution in [0.5, 0.6) is 0 Å². The van der Waals surface area contributed by atoms with Gasteiger partial charge in [-0.1, -0.05) is 11.8 Å². The van der Waals surface area contributed by atoms with Gasteiger partial charge in [0.05, 0.1) is 23.9 Å². The molecule has 0 saturated heterocycles. The first-order valence-electron chi connectivity index (χ1n) is 5.12. The van der Waals surface area contributed by atoms with Crippen LogP contribution in [0.25, 0.3) is 0 Å². The molecule has 0 aliphatic rings. The van der Waals surface area contributed by atoms with Crippen LogP contribution in [0.4, 0.5) is 11.4 Å². The molecule has 0 amide bonds. The Morgan fingerprint density at radius 3 is 1.45 bits per heavy atom. The average molecular weight is 312 g/mol. The van der Waals surface area contributed by atoms with Gasteiger partial charge < -0.3 is 0 Å². The minimum atomic E-state index is -3.56. The molecule has 8 heteroatoms. The molecule has 20 heavy (non-hydrogen) atoms. The van der Waals surface area contributed by atoms with E-state index >= 15 is 0 Å². The van der Waals surface area contributed by atoms with Crippen molar-refractivity contribution in [2.75, 3.05) is 22.0 Å². The molecule has 2 N–H and O–H groups in total. The lowest BCUT2D eigenvalue weighted by Gasteiger charge is -2.12. The first kappa shape index (κ1) is 15.9. The molecular weight excluding hydrogens is 300 g/mol. The molecule has 6 nitrogen and oxygen atoms in total. The van der Waals surface area contributed by atoms with Gasteiger partial charge in [0.25, 0.3) is 0 Å². The van der Waals surface area contributed by atoms with Gasteiger partial charge in [0.15, 0.2) is 0 Å². The summed E-state index contributed by atoms with van der Waals surface area (Å²) in [4.78, 5) is 0. The predicted octanol–water partition coefficient (Wildman–Crippen LogP) is 0.392. The topological polar surface area (TPSA) is 92.3 Å². The summed E-state index contributed by atoms with van der Waals surface area (Å²) in [5, 5.41) is 0. The van der Waals surface area contributed by atoms with E-state index in [1.807, 2.05) is 0 Å². The van der Waals surface area contributed by atoms with Crippen LogP contribution in [0, 0.1) is 24.7 Å². The average Bonchev–Trinajstić information content (AvgIpc) is 2.25.